The van der Waals surface area contributed by atoms with Crippen LogP contribution in [0.2, 0.25) is 0 Å². The second-order valence-electron chi connectivity index (χ2n) is 6.14. The highest BCUT2D eigenvalue weighted by molar-refractivity contribution is 5.81. The number of benzene rings is 1. The van der Waals surface area contributed by atoms with Gasteiger partial charge in [-0.25, -0.2) is 0 Å². The number of aryl methyl sites for hydroxylation is 2. The summed E-state index contributed by atoms with van der Waals surface area (Å²) in [6.45, 7) is 9.53. The van der Waals surface area contributed by atoms with Crippen LogP contribution in [-0.2, 0) is 11.2 Å². The third-order valence-corrected chi connectivity index (χ3v) is 3.31. The Morgan fingerprint density at radius 2 is 1.70 bits per heavy atom. The van der Waals surface area contributed by atoms with Crippen molar-refractivity contribution in [2.24, 2.45) is 4.99 Å². The Morgan fingerprint density at radius 1 is 1.09 bits per heavy atom. The van der Waals surface area contributed by atoms with E-state index < -0.39 is 0 Å². The summed E-state index contributed by atoms with van der Waals surface area (Å²) >= 11 is 0. The second-order valence-corrected chi connectivity index (χ2v) is 6.14. The standard InChI is InChI=1S/C18H30N4O/c1-13(2)22-17(23)7-9-21-18(19-5)20-8-6-16-11-14(3)10-15(4)12-16/h10-13H,6-9H2,1-5H3,(H,22,23)(H2,19,20,21). The highest BCUT2D eigenvalue weighted by Gasteiger charge is 2.04. The second kappa shape index (κ2) is 9.87. The molecule has 128 valence electrons. The fourth-order valence-electron chi connectivity index (χ4n) is 2.45. The molecule has 0 aliphatic heterocycles. The van der Waals surface area contributed by atoms with E-state index in [1.54, 1.807) is 7.05 Å². The lowest BCUT2D eigenvalue weighted by Crippen LogP contribution is -2.40. The summed E-state index contributed by atoms with van der Waals surface area (Å²) in [6.07, 6.45) is 1.38. The van der Waals surface area contributed by atoms with Gasteiger partial charge in [0.15, 0.2) is 5.96 Å². The van der Waals surface area contributed by atoms with E-state index in [1.807, 2.05) is 13.8 Å². The van der Waals surface area contributed by atoms with Crippen LogP contribution in [0.4, 0.5) is 0 Å². The van der Waals surface area contributed by atoms with Crippen LogP contribution >= 0.6 is 0 Å². The number of hydrogen-bond acceptors (Lipinski definition) is 2. The molecule has 5 heteroatoms. The van der Waals surface area contributed by atoms with Gasteiger partial charge in [-0.05, 0) is 39.7 Å². The van der Waals surface area contributed by atoms with Gasteiger partial charge in [-0.3, -0.25) is 9.79 Å². The van der Waals surface area contributed by atoms with Gasteiger partial charge in [0.2, 0.25) is 5.91 Å². The molecule has 0 aromatic heterocycles. The molecule has 1 amide bonds. The highest BCUT2D eigenvalue weighted by atomic mass is 16.1. The molecular weight excluding hydrogens is 288 g/mol. The van der Waals surface area contributed by atoms with E-state index in [0.717, 1.165) is 18.9 Å². The lowest BCUT2D eigenvalue weighted by molar-refractivity contribution is -0.121. The molecule has 1 rings (SSSR count). The Hall–Kier alpha value is -2.04. The minimum atomic E-state index is 0.0539. The maximum atomic E-state index is 11.6. The summed E-state index contributed by atoms with van der Waals surface area (Å²) < 4.78 is 0. The lowest BCUT2D eigenvalue weighted by Gasteiger charge is -2.13. The summed E-state index contributed by atoms with van der Waals surface area (Å²) in [6, 6.07) is 6.78. The molecule has 0 heterocycles. The van der Waals surface area contributed by atoms with E-state index in [4.69, 9.17) is 0 Å². The van der Waals surface area contributed by atoms with Crippen LogP contribution in [-0.4, -0.2) is 38.0 Å². The Kier molecular flexibility index (Phi) is 8.16. The van der Waals surface area contributed by atoms with Crippen LogP contribution in [0, 0.1) is 13.8 Å². The maximum absolute atomic E-state index is 11.6. The van der Waals surface area contributed by atoms with Gasteiger partial charge in [-0.1, -0.05) is 29.3 Å². The number of carbonyl (C=O) groups excluding carboxylic acids is 1. The van der Waals surface area contributed by atoms with Crippen molar-refractivity contribution in [3.8, 4) is 0 Å². The normalized spacial score (nSPS) is 11.5. The quantitative estimate of drug-likeness (QED) is 0.532. The highest BCUT2D eigenvalue weighted by Crippen LogP contribution is 2.08. The molecule has 0 saturated heterocycles. The molecule has 1 aromatic carbocycles. The van der Waals surface area contributed by atoms with Crippen molar-refractivity contribution in [1.29, 1.82) is 0 Å². The predicted octanol–water partition coefficient (Wildman–Crippen LogP) is 1.93. The Bertz CT molecular complexity index is 518. The molecule has 0 saturated carbocycles. The minimum Gasteiger partial charge on any atom is -0.356 e. The number of carbonyl (C=O) groups is 1. The third-order valence-electron chi connectivity index (χ3n) is 3.31. The maximum Gasteiger partial charge on any atom is 0.221 e. The molecule has 3 N–H and O–H groups in total. The first-order chi connectivity index (χ1) is 10.9. The van der Waals surface area contributed by atoms with Crippen molar-refractivity contribution in [2.75, 3.05) is 20.1 Å². The topological polar surface area (TPSA) is 65.5 Å². The lowest BCUT2D eigenvalue weighted by atomic mass is 10.1. The number of aliphatic imine (C=N–C) groups is 1. The molecule has 1 aromatic rings. The Labute approximate surface area is 140 Å². The summed E-state index contributed by atoms with van der Waals surface area (Å²) in [4.78, 5) is 15.7. The summed E-state index contributed by atoms with van der Waals surface area (Å²) in [7, 11) is 1.74. The van der Waals surface area contributed by atoms with Crippen molar-refractivity contribution >= 4 is 11.9 Å². The van der Waals surface area contributed by atoms with E-state index in [9.17, 15) is 4.79 Å². The van der Waals surface area contributed by atoms with E-state index >= 15 is 0 Å². The van der Waals surface area contributed by atoms with E-state index in [-0.39, 0.29) is 11.9 Å². The van der Waals surface area contributed by atoms with Gasteiger partial charge in [-0.2, -0.15) is 0 Å². The van der Waals surface area contributed by atoms with Crippen molar-refractivity contribution < 1.29 is 4.79 Å². The molecule has 0 spiro atoms. The fraction of sp³-hybridized carbons (Fsp3) is 0.556. The van der Waals surface area contributed by atoms with Crippen molar-refractivity contribution in [3.63, 3.8) is 0 Å². The SMILES string of the molecule is CN=C(NCCC(=O)NC(C)C)NCCc1cc(C)cc(C)c1. The van der Waals surface area contributed by atoms with Gasteiger partial charge >= 0.3 is 0 Å². The Balaban J connectivity index is 2.30. The van der Waals surface area contributed by atoms with Gasteiger partial charge in [0.05, 0.1) is 0 Å². The van der Waals surface area contributed by atoms with E-state index in [2.05, 4.69) is 53.0 Å². The van der Waals surface area contributed by atoms with Crippen LogP contribution in [0.25, 0.3) is 0 Å². The van der Waals surface area contributed by atoms with Gasteiger partial charge in [0, 0.05) is 32.6 Å². The number of amides is 1. The van der Waals surface area contributed by atoms with Gasteiger partial charge in [0.25, 0.3) is 0 Å². The minimum absolute atomic E-state index is 0.0539. The molecular formula is C18H30N4O. The number of rotatable bonds is 7. The van der Waals surface area contributed by atoms with Gasteiger partial charge in [-0.15, -0.1) is 0 Å². The molecule has 0 radical (unpaired) electrons. The molecule has 0 atom stereocenters. The van der Waals surface area contributed by atoms with Crippen LogP contribution < -0.4 is 16.0 Å². The van der Waals surface area contributed by atoms with Crippen molar-refractivity contribution in [3.05, 3.63) is 34.9 Å². The van der Waals surface area contributed by atoms with Crippen LogP contribution in [0.5, 0.6) is 0 Å². The number of nitrogens with zero attached hydrogens (tertiary/aromatic N) is 1. The average molecular weight is 318 g/mol. The van der Waals surface area contributed by atoms with Crippen molar-refractivity contribution in [1.82, 2.24) is 16.0 Å². The van der Waals surface area contributed by atoms with Gasteiger partial charge in [0.1, 0.15) is 0 Å². The van der Waals surface area contributed by atoms with E-state index in [1.165, 1.54) is 16.7 Å². The molecule has 5 nitrogen and oxygen atoms in total. The molecule has 0 fully saturated rings. The van der Waals surface area contributed by atoms with E-state index in [0.29, 0.717) is 13.0 Å². The summed E-state index contributed by atoms with van der Waals surface area (Å²) in [5, 5.41) is 9.31. The first-order valence-electron chi connectivity index (χ1n) is 8.21. The third kappa shape index (κ3) is 8.24. The average Bonchev–Trinajstić information content (AvgIpc) is 2.43. The molecule has 0 unspecified atom stereocenters. The zero-order valence-electron chi connectivity index (χ0n) is 15.0. The molecule has 0 bridgehead atoms. The largest absolute Gasteiger partial charge is 0.356 e. The summed E-state index contributed by atoms with van der Waals surface area (Å²) in [5.41, 5.74) is 3.90. The molecule has 23 heavy (non-hydrogen) atoms. The first-order valence-corrected chi connectivity index (χ1v) is 8.21. The number of guanidine groups is 1. The zero-order chi connectivity index (χ0) is 17.2. The summed E-state index contributed by atoms with van der Waals surface area (Å²) in [5.74, 6) is 0.782. The van der Waals surface area contributed by atoms with Crippen LogP contribution in [0.3, 0.4) is 0 Å². The first kappa shape index (κ1) is 19.0. The monoisotopic (exact) mass is 318 g/mol. The molecule has 0 aliphatic carbocycles. The zero-order valence-corrected chi connectivity index (χ0v) is 15.0. The number of nitrogens with one attached hydrogen (secondary N) is 3. The van der Waals surface area contributed by atoms with Crippen molar-refractivity contribution in [2.45, 2.75) is 46.6 Å². The molecule has 0 aliphatic rings. The smallest absolute Gasteiger partial charge is 0.221 e. The predicted molar refractivity (Wildman–Crippen MR) is 96.9 cm³/mol. The Morgan fingerprint density at radius 3 is 2.26 bits per heavy atom. The number of hydrogen-bond donors (Lipinski definition) is 3. The fourth-order valence-corrected chi connectivity index (χ4v) is 2.45. The van der Waals surface area contributed by atoms with Crippen LogP contribution in [0.15, 0.2) is 23.2 Å². The van der Waals surface area contributed by atoms with Crippen LogP contribution in [0.1, 0.15) is 37.0 Å². The van der Waals surface area contributed by atoms with Gasteiger partial charge < -0.3 is 16.0 Å².